The van der Waals surface area contributed by atoms with Gasteiger partial charge in [0.25, 0.3) is 0 Å². The van der Waals surface area contributed by atoms with E-state index >= 15 is 0 Å². The van der Waals surface area contributed by atoms with Crippen LogP contribution in [-0.2, 0) is 9.53 Å². The molecule has 2 aromatic rings. The number of piperidine rings is 1. The molecule has 1 N–H and O–H groups in total. The van der Waals surface area contributed by atoms with E-state index in [1.54, 1.807) is 0 Å². The van der Waals surface area contributed by atoms with Crippen LogP contribution in [0.5, 0.6) is 0 Å². The molecule has 1 aromatic carbocycles. The van der Waals surface area contributed by atoms with Crippen LogP contribution < -0.4 is 0 Å². The van der Waals surface area contributed by atoms with Crippen LogP contribution in [0.4, 0.5) is 0 Å². The molecule has 0 saturated carbocycles. The number of H-pyrrole nitrogens is 1. The number of rotatable bonds is 5. The van der Waals surface area contributed by atoms with Crippen molar-refractivity contribution in [1.82, 2.24) is 14.9 Å². The second kappa shape index (κ2) is 7.62. The maximum atomic E-state index is 12.4. The van der Waals surface area contributed by atoms with Crippen molar-refractivity contribution < 1.29 is 9.53 Å². The van der Waals surface area contributed by atoms with Crippen molar-refractivity contribution in [3.63, 3.8) is 0 Å². The average molecular weight is 327 g/mol. The number of nitrogens with one attached hydrogen (secondary N) is 1. The highest BCUT2D eigenvalue weighted by Gasteiger charge is 2.29. The van der Waals surface area contributed by atoms with E-state index in [0.717, 1.165) is 42.9 Å². The Bertz CT molecular complexity index is 678. The minimum atomic E-state index is 0.0194. The van der Waals surface area contributed by atoms with Gasteiger partial charge in [-0.3, -0.25) is 4.79 Å². The van der Waals surface area contributed by atoms with E-state index < -0.39 is 0 Å². The molecular weight excluding hydrogens is 302 g/mol. The van der Waals surface area contributed by atoms with Crippen LogP contribution >= 0.6 is 0 Å². The number of ether oxygens (including phenoxy) is 1. The molecule has 0 aliphatic carbocycles. The number of hydrogen-bond donors (Lipinski definition) is 1. The second-order valence-corrected chi connectivity index (χ2v) is 6.28. The molecule has 1 unspecified atom stereocenters. The molecule has 1 aromatic heterocycles. The SMILES string of the molecule is CCOCC(=O)N1CCCCC1c1ncc(-c2ccc(C)cc2)[nH]1. The largest absolute Gasteiger partial charge is 0.372 e. The van der Waals surface area contributed by atoms with Gasteiger partial charge < -0.3 is 14.6 Å². The third-order valence-corrected chi connectivity index (χ3v) is 4.53. The molecule has 2 heterocycles. The molecular formula is C19H25N3O2. The smallest absolute Gasteiger partial charge is 0.249 e. The number of nitrogens with zero attached hydrogens (tertiary/aromatic N) is 2. The van der Waals surface area contributed by atoms with Gasteiger partial charge in [-0.15, -0.1) is 0 Å². The number of likely N-dealkylation sites (tertiary alicyclic amines) is 1. The fraction of sp³-hybridized carbons (Fsp3) is 0.474. The van der Waals surface area contributed by atoms with E-state index in [-0.39, 0.29) is 18.6 Å². The zero-order valence-electron chi connectivity index (χ0n) is 14.4. The van der Waals surface area contributed by atoms with Gasteiger partial charge in [0.1, 0.15) is 12.4 Å². The van der Waals surface area contributed by atoms with Crippen molar-refractivity contribution in [3.05, 3.63) is 41.9 Å². The van der Waals surface area contributed by atoms with Crippen LogP contribution in [0.3, 0.4) is 0 Å². The first-order valence-corrected chi connectivity index (χ1v) is 8.68. The zero-order chi connectivity index (χ0) is 16.9. The van der Waals surface area contributed by atoms with E-state index in [9.17, 15) is 4.79 Å². The van der Waals surface area contributed by atoms with Crippen molar-refractivity contribution >= 4 is 5.91 Å². The third kappa shape index (κ3) is 3.67. The van der Waals surface area contributed by atoms with Gasteiger partial charge >= 0.3 is 0 Å². The summed E-state index contributed by atoms with van der Waals surface area (Å²) in [5.74, 6) is 0.921. The van der Waals surface area contributed by atoms with Crippen molar-refractivity contribution in [1.29, 1.82) is 0 Å². The quantitative estimate of drug-likeness (QED) is 0.915. The van der Waals surface area contributed by atoms with E-state index in [1.165, 1.54) is 5.56 Å². The summed E-state index contributed by atoms with van der Waals surface area (Å²) in [6.45, 7) is 5.46. The fourth-order valence-corrected chi connectivity index (χ4v) is 3.17. The summed E-state index contributed by atoms with van der Waals surface area (Å²) in [7, 11) is 0. The maximum Gasteiger partial charge on any atom is 0.249 e. The Labute approximate surface area is 143 Å². The topological polar surface area (TPSA) is 58.2 Å². The molecule has 24 heavy (non-hydrogen) atoms. The van der Waals surface area contributed by atoms with Crippen molar-refractivity contribution in [2.45, 2.75) is 39.2 Å². The molecule has 1 aliphatic rings. The number of carbonyl (C=O) groups excluding carboxylic acids is 1. The summed E-state index contributed by atoms with van der Waals surface area (Å²) in [6.07, 6.45) is 4.96. The molecule has 128 valence electrons. The normalized spacial score (nSPS) is 17.9. The molecule has 1 atom stereocenters. The monoisotopic (exact) mass is 327 g/mol. The van der Waals surface area contributed by atoms with Gasteiger partial charge in [-0.05, 0) is 38.7 Å². The summed E-state index contributed by atoms with van der Waals surface area (Å²) in [5.41, 5.74) is 3.34. The number of aromatic nitrogens is 2. The lowest BCUT2D eigenvalue weighted by Crippen LogP contribution is -2.41. The van der Waals surface area contributed by atoms with Crippen LogP contribution in [0.25, 0.3) is 11.3 Å². The fourth-order valence-electron chi connectivity index (χ4n) is 3.17. The van der Waals surface area contributed by atoms with Crippen LogP contribution in [0, 0.1) is 6.92 Å². The van der Waals surface area contributed by atoms with E-state index in [0.29, 0.717) is 6.61 Å². The van der Waals surface area contributed by atoms with Crippen LogP contribution in [-0.4, -0.2) is 40.5 Å². The Hall–Kier alpha value is -2.14. The first kappa shape index (κ1) is 16.7. The number of aromatic amines is 1. The number of hydrogen-bond acceptors (Lipinski definition) is 3. The summed E-state index contributed by atoms with van der Waals surface area (Å²) >= 11 is 0. The van der Waals surface area contributed by atoms with E-state index in [2.05, 4.69) is 41.2 Å². The number of imidazole rings is 1. The molecule has 5 nitrogen and oxygen atoms in total. The molecule has 0 radical (unpaired) electrons. The highest BCUT2D eigenvalue weighted by atomic mass is 16.5. The van der Waals surface area contributed by atoms with E-state index in [1.807, 2.05) is 18.0 Å². The highest BCUT2D eigenvalue weighted by Crippen LogP contribution is 2.30. The second-order valence-electron chi connectivity index (χ2n) is 6.28. The van der Waals surface area contributed by atoms with Gasteiger partial charge in [0.05, 0.1) is 17.9 Å². The third-order valence-electron chi connectivity index (χ3n) is 4.53. The summed E-state index contributed by atoms with van der Waals surface area (Å²) in [4.78, 5) is 22.3. The van der Waals surface area contributed by atoms with Gasteiger partial charge in [0.2, 0.25) is 5.91 Å². The highest BCUT2D eigenvalue weighted by molar-refractivity contribution is 5.78. The minimum Gasteiger partial charge on any atom is -0.372 e. The standard InChI is InChI=1S/C19H25N3O2/c1-3-24-13-18(23)22-11-5-4-6-17(22)19-20-12-16(21-19)15-9-7-14(2)8-10-15/h7-10,12,17H,3-6,11,13H2,1-2H3,(H,20,21). The Morgan fingerprint density at radius 1 is 1.33 bits per heavy atom. The van der Waals surface area contributed by atoms with Gasteiger partial charge in [-0.1, -0.05) is 29.8 Å². The Kier molecular flexibility index (Phi) is 5.30. The number of carbonyl (C=O) groups is 1. The Morgan fingerprint density at radius 2 is 2.12 bits per heavy atom. The predicted octanol–water partition coefficient (Wildman–Crippen LogP) is 3.48. The average Bonchev–Trinajstić information content (AvgIpc) is 3.10. The molecule has 5 heteroatoms. The van der Waals surface area contributed by atoms with E-state index in [4.69, 9.17) is 4.74 Å². The molecule has 1 saturated heterocycles. The summed E-state index contributed by atoms with van der Waals surface area (Å²) in [6, 6.07) is 8.38. The Balaban J connectivity index is 1.78. The number of amides is 1. The van der Waals surface area contributed by atoms with Gasteiger partial charge in [0, 0.05) is 13.2 Å². The van der Waals surface area contributed by atoms with Crippen molar-refractivity contribution in [2.75, 3.05) is 19.8 Å². The van der Waals surface area contributed by atoms with Crippen LogP contribution in [0.15, 0.2) is 30.5 Å². The Morgan fingerprint density at radius 3 is 2.88 bits per heavy atom. The predicted molar refractivity (Wildman–Crippen MR) is 93.6 cm³/mol. The lowest BCUT2D eigenvalue weighted by atomic mass is 10.0. The van der Waals surface area contributed by atoms with Crippen molar-refractivity contribution in [3.8, 4) is 11.3 Å². The maximum absolute atomic E-state index is 12.4. The first-order chi connectivity index (χ1) is 11.7. The molecule has 0 bridgehead atoms. The van der Waals surface area contributed by atoms with Crippen molar-refractivity contribution in [2.24, 2.45) is 0 Å². The number of benzene rings is 1. The zero-order valence-corrected chi connectivity index (χ0v) is 14.4. The molecule has 3 rings (SSSR count). The summed E-state index contributed by atoms with van der Waals surface area (Å²) in [5, 5.41) is 0. The molecule has 0 spiro atoms. The van der Waals surface area contributed by atoms with Gasteiger partial charge in [-0.2, -0.15) is 0 Å². The lowest BCUT2D eigenvalue weighted by Gasteiger charge is -2.34. The first-order valence-electron chi connectivity index (χ1n) is 8.68. The van der Waals surface area contributed by atoms with Gasteiger partial charge in [0.15, 0.2) is 0 Å². The summed E-state index contributed by atoms with van der Waals surface area (Å²) < 4.78 is 5.30. The number of aryl methyl sites for hydroxylation is 1. The van der Waals surface area contributed by atoms with Crippen LogP contribution in [0.1, 0.15) is 43.6 Å². The lowest BCUT2D eigenvalue weighted by molar-refractivity contribution is -0.140. The molecule has 1 aliphatic heterocycles. The molecule has 1 fully saturated rings. The van der Waals surface area contributed by atoms with Gasteiger partial charge in [-0.25, -0.2) is 4.98 Å². The van der Waals surface area contributed by atoms with Crippen LogP contribution in [0.2, 0.25) is 0 Å². The molecule has 1 amide bonds. The minimum absolute atomic E-state index is 0.0194.